The van der Waals surface area contributed by atoms with Crippen LogP contribution in [0.15, 0.2) is 59.5 Å². The predicted octanol–water partition coefficient (Wildman–Crippen LogP) is 4.64. The minimum atomic E-state index is -3.79. The molecule has 0 amide bonds. The van der Waals surface area contributed by atoms with Gasteiger partial charge >= 0.3 is 5.97 Å². The van der Waals surface area contributed by atoms with Gasteiger partial charge in [-0.15, -0.1) is 5.10 Å². The van der Waals surface area contributed by atoms with Crippen LogP contribution in [0.2, 0.25) is 0 Å². The highest BCUT2D eigenvalue weighted by molar-refractivity contribution is 7.89. The maximum atomic E-state index is 13.7. The van der Waals surface area contributed by atoms with Crippen molar-refractivity contribution in [3.8, 4) is 5.75 Å². The number of fused-ring (bicyclic) bond motifs is 2. The zero-order valence-corrected chi connectivity index (χ0v) is 24.2. The second-order valence-electron chi connectivity index (χ2n) is 10.3. The zero-order valence-electron chi connectivity index (χ0n) is 23.4. The highest BCUT2D eigenvalue weighted by atomic mass is 32.2. The molecule has 4 aromatic rings. The Bertz CT molecular complexity index is 1680. The number of benzene rings is 3. The van der Waals surface area contributed by atoms with Gasteiger partial charge in [0.25, 0.3) is 0 Å². The Balaban J connectivity index is 1.56. The molecule has 210 valence electrons. The van der Waals surface area contributed by atoms with Crippen LogP contribution in [-0.2, 0) is 33.1 Å². The summed E-state index contributed by atoms with van der Waals surface area (Å²) in [4.78, 5) is 12.9. The lowest BCUT2D eigenvalue weighted by atomic mass is 9.84. The maximum absolute atomic E-state index is 13.7. The highest BCUT2D eigenvalue weighted by Gasteiger charge is 2.33. The average molecular weight is 563 g/mol. The van der Waals surface area contributed by atoms with Crippen molar-refractivity contribution in [1.82, 2.24) is 19.3 Å². The summed E-state index contributed by atoms with van der Waals surface area (Å²) in [6, 6.07) is 16.7. The molecule has 1 aromatic heterocycles. The Morgan fingerprint density at radius 3 is 2.70 bits per heavy atom. The smallest absolute Gasteiger partial charge is 0.306 e. The number of carbonyl (C=O) groups excluding carboxylic acids is 1. The van der Waals surface area contributed by atoms with Gasteiger partial charge in [-0.05, 0) is 73.7 Å². The van der Waals surface area contributed by atoms with Gasteiger partial charge in [-0.25, -0.2) is 13.1 Å². The molecule has 0 saturated carbocycles. The molecular formula is C30H34N4O5S. The summed E-state index contributed by atoms with van der Waals surface area (Å²) in [5.74, 6) is -0.244. The van der Waals surface area contributed by atoms with Crippen molar-refractivity contribution >= 4 is 27.0 Å². The second kappa shape index (κ2) is 11.0. The topological polar surface area (TPSA) is 104 Å². The monoisotopic (exact) mass is 562 g/mol. The van der Waals surface area contributed by atoms with Crippen LogP contribution in [0.1, 0.15) is 54.0 Å². The van der Waals surface area contributed by atoms with Crippen LogP contribution in [0, 0.1) is 13.8 Å². The van der Waals surface area contributed by atoms with Gasteiger partial charge in [0.2, 0.25) is 10.0 Å². The lowest BCUT2D eigenvalue weighted by Crippen LogP contribution is -2.35. The van der Waals surface area contributed by atoms with Crippen LogP contribution >= 0.6 is 0 Å². The fourth-order valence-corrected chi connectivity index (χ4v) is 6.99. The summed E-state index contributed by atoms with van der Waals surface area (Å²) in [6.45, 7) is 8.30. The lowest BCUT2D eigenvalue weighted by Gasteiger charge is -2.24. The number of rotatable bonds is 7. The molecular weight excluding hydrogens is 528 g/mol. The molecule has 0 N–H and O–H groups in total. The molecule has 0 aliphatic carbocycles. The maximum Gasteiger partial charge on any atom is 0.306 e. The Morgan fingerprint density at radius 1 is 1.15 bits per heavy atom. The molecule has 10 heteroatoms. The Labute approximate surface area is 234 Å². The van der Waals surface area contributed by atoms with Gasteiger partial charge in [-0.3, -0.25) is 4.79 Å². The van der Waals surface area contributed by atoms with E-state index in [4.69, 9.17) is 9.47 Å². The van der Waals surface area contributed by atoms with E-state index >= 15 is 0 Å². The Morgan fingerprint density at radius 2 is 1.93 bits per heavy atom. The zero-order chi connectivity index (χ0) is 28.6. The molecule has 0 bridgehead atoms. The summed E-state index contributed by atoms with van der Waals surface area (Å²) < 4.78 is 41.8. The van der Waals surface area contributed by atoms with Crippen molar-refractivity contribution in [2.45, 2.75) is 57.6 Å². The van der Waals surface area contributed by atoms with Crippen molar-refractivity contribution in [1.29, 1.82) is 0 Å². The number of hydrogen-bond donors (Lipinski definition) is 0. The van der Waals surface area contributed by atoms with Crippen LogP contribution in [0.25, 0.3) is 11.0 Å². The quantitative estimate of drug-likeness (QED) is 0.302. The number of nitrogens with zero attached hydrogens (tertiary/aromatic N) is 4. The molecule has 5 rings (SSSR count). The van der Waals surface area contributed by atoms with E-state index in [1.165, 1.54) is 4.31 Å². The minimum absolute atomic E-state index is 0.142. The van der Waals surface area contributed by atoms with Crippen molar-refractivity contribution < 1.29 is 22.7 Å². The van der Waals surface area contributed by atoms with Crippen molar-refractivity contribution in [3.05, 3.63) is 82.4 Å². The molecule has 3 aromatic carbocycles. The number of ether oxygens (including phenoxy) is 2. The molecule has 0 spiro atoms. The molecule has 40 heavy (non-hydrogen) atoms. The first-order valence-electron chi connectivity index (χ1n) is 13.4. The SMILES string of the molecule is CCOC(=O)CC(c1ccc(C)c(CN2C[C@H](C)Oc3ccccc3S2(=O)=O)c1)c1ccc2c(nnn2C)c1C. The standard InChI is InChI=1S/C30H34N4O5S/c1-6-38-29(35)16-25(24-13-14-26-30(21(24)4)31-32-33(26)5)22-12-11-19(2)23(15-22)18-34-17-20(3)39-27-9-7-8-10-28(27)40(34,36)37/h7-15,20,25H,6,16-18H2,1-5H3/t20-,25?/m0/s1. The molecule has 9 nitrogen and oxygen atoms in total. The van der Waals surface area contributed by atoms with Gasteiger partial charge < -0.3 is 9.47 Å². The molecule has 1 aliphatic rings. The van der Waals surface area contributed by atoms with E-state index in [0.717, 1.165) is 38.9 Å². The number of esters is 1. The van der Waals surface area contributed by atoms with Gasteiger partial charge in [0.05, 0.1) is 25.1 Å². The Hall–Kier alpha value is -3.76. The molecule has 0 fully saturated rings. The second-order valence-corrected chi connectivity index (χ2v) is 12.2. The molecule has 1 aliphatic heterocycles. The van der Waals surface area contributed by atoms with E-state index in [0.29, 0.717) is 12.4 Å². The van der Waals surface area contributed by atoms with Crippen molar-refractivity contribution in [3.63, 3.8) is 0 Å². The van der Waals surface area contributed by atoms with Crippen LogP contribution in [-0.4, -0.2) is 52.9 Å². The molecule has 0 saturated heterocycles. The largest absolute Gasteiger partial charge is 0.488 e. The summed E-state index contributed by atoms with van der Waals surface area (Å²) in [5, 5.41) is 8.50. The first-order valence-corrected chi connectivity index (χ1v) is 14.8. The lowest BCUT2D eigenvalue weighted by molar-refractivity contribution is -0.143. The molecule has 0 radical (unpaired) electrons. The summed E-state index contributed by atoms with van der Waals surface area (Å²) in [5.41, 5.74) is 6.31. The summed E-state index contributed by atoms with van der Waals surface area (Å²) >= 11 is 0. The van der Waals surface area contributed by atoms with E-state index in [9.17, 15) is 13.2 Å². The average Bonchev–Trinajstić information content (AvgIpc) is 3.26. The van der Waals surface area contributed by atoms with Crippen LogP contribution in [0.4, 0.5) is 0 Å². The highest BCUT2D eigenvalue weighted by Crippen LogP contribution is 2.36. The van der Waals surface area contributed by atoms with E-state index in [-0.39, 0.29) is 42.4 Å². The third-order valence-electron chi connectivity index (χ3n) is 7.51. The summed E-state index contributed by atoms with van der Waals surface area (Å²) in [7, 11) is -1.95. The third kappa shape index (κ3) is 5.21. The van der Waals surface area contributed by atoms with E-state index in [1.54, 1.807) is 35.9 Å². The number of aryl methyl sites for hydroxylation is 3. The number of aromatic nitrogens is 3. The first kappa shape index (κ1) is 27.8. The van der Waals surface area contributed by atoms with Crippen LogP contribution in [0.3, 0.4) is 0 Å². The van der Waals surface area contributed by atoms with E-state index in [2.05, 4.69) is 10.3 Å². The van der Waals surface area contributed by atoms with Crippen LogP contribution in [0.5, 0.6) is 5.75 Å². The normalized spacial score (nSPS) is 17.6. The predicted molar refractivity (Wildman–Crippen MR) is 152 cm³/mol. The van der Waals surface area contributed by atoms with Crippen LogP contribution < -0.4 is 4.74 Å². The van der Waals surface area contributed by atoms with Gasteiger partial charge in [0, 0.05) is 19.5 Å². The summed E-state index contributed by atoms with van der Waals surface area (Å²) in [6.07, 6.45) is -0.178. The van der Waals surface area contributed by atoms with E-state index < -0.39 is 10.0 Å². The van der Waals surface area contributed by atoms with Crippen molar-refractivity contribution in [2.24, 2.45) is 7.05 Å². The van der Waals surface area contributed by atoms with Crippen molar-refractivity contribution in [2.75, 3.05) is 13.2 Å². The fourth-order valence-electron chi connectivity index (χ4n) is 5.38. The van der Waals surface area contributed by atoms with Gasteiger partial charge in [-0.2, -0.15) is 4.31 Å². The molecule has 1 unspecified atom stereocenters. The Kier molecular flexibility index (Phi) is 7.65. The van der Waals surface area contributed by atoms with Gasteiger partial charge in [-0.1, -0.05) is 41.6 Å². The molecule has 2 heterocycles. The number of sulfonamides is 1. The third-order valence-corrected chi connectivity index (χ3v) is 9.36. The van der Waals surface area contributed by atoms with Gasteiger partial charge in [0.1, 0.15) is 22.3 Å². The number of hydrogen-bond acceptors (Lipinski definition) is 7. The van der Waals surface area contributed by atoms with Gasteiger partial charge in [0.15, 0.2) is 0 Å². The number of para-hydroxylation sites is 1. The number of carbonyl (C=O) groups is 1. The molecule has 2 atom stereocenters. The minimum Gasteiger partial charge on any atom is -0.488 e. The van der Waals surface area contributed by atoms with E-state index in [1.807, 2.05) is 58.2 Å². The first-order chi connectivity index (χ1) is 19.1. The fraction of sp³-hybridized carbons (Fsp3) is 0.367.